The van der Waals surface area contributed by atoms with E-state index in [0.29, 0.717) is 18.4 Å². The number of rotatable bonds is 4. The van der Waals surface area contributed by atoms with Gasteiger partial charge in [-0.3, -0.25) is 0 Å². The lowest BCUT2D eigenvalue weighted by molar-refractivity contribution is 0.279. The van der Waals surface area contributed by atoms with Crippen LogP contribution >= 0.6 is 0 Å². The number of hydrogen-bond acceptors (Lipinski definition) is 2. The van der Waals surface area contributed by atoms with Crippen LogP contribution in [-0.2, 0) is 0 Å². The number of benzene rings is 1. The van der Waals surface area contributed by atoms with Crippen molar-refractivity contribution < 1.29 is 9.13 Å². The van der Waals surface area contributed by atoms with Crippen LogP contribution in [0.25, 0.3) is 0 Å². The topological polar surface area (TPSA) is 21.3 Å². The molecule has 0 aliphatic heterocycles. The van der Waals surface area contributed by atoms with E-state index < -0.39 is 0 Å². The van der Waals surface area contributed by atoms with Crippen LogP contribution in [0.1, 0.15) is 6.92 Å². The van der Waals surface area contributed by atoms with E-state index in [1.807, 2.05) is 14.0 Å². The van der Waals surface area contributed by atoms with E-state index in [9.17, 15) is 4.39 Å². The van der Waals surface area contributed by atoms with Gasteiger partial charge < -0.3 is 10.1 Å². The molecule has 3 heteroatoms. The summed E-state index contributed by atoms with van der Waals surface area (Å²) in [7, 11) is 1.87. The third-order valence-corrected chi connectivity index (χ3v) is 1.81. The summed E-state index contributed by atoms with van der Waals surface area (Å²) < 4.78 is 17.9. The molecule has 1 unspecified atom stereocenters. The van der Waals surface area contributed by atoms with Gasteiger partial charge >= 0.3 is 0 Å². The van der Waals surface area contributed by atoms with Crippen LogP contribution in [0.2, 0.25) is 0 Å². The first-order valence-corrected chi connectivity index (χ1v) is 4.28. The summed E-state index contributed by atoms with van der Waals surface area (Å²) in [4.78, 5) is 0. The van der Waals surface area contributed by atoms with E-state index in [0.717, 1.165) is 0 Å². The van der Waals surface area contributed by atoms with E-state index in [1.165, 1.54) is 12.1 Å². The zero-order valence-corrected chi connectivity index (χ0v) is 7.88. The molecule has 1 rings (SSSR count). The van der Waals surface area contributed by atoms with Crippen molar-refractivity contribution in [1.29, 1.82) is 0 Å². The summed E-state index contributed by atoms with van der Waals surface area (Å²) in [5, 5.41) is 3.05. The highest BCUT2D eigenvalue weighted by molar-refractivity contribution is 5.22. The zero-order valence-electron chi connectivity index (χ0n) is 7.88. The Morgan fingerprint density at radius 2 is 2.00 bits per heavy atom. The molecule has 0 amide bonds. The highest BCUT2D eigenvalue weighted by atomic mass is 19.1. The molecule has 0 fully saturated rings. The number of nitrogens with one attached hydrogen (secondary N) is 1. The van der Waals surface area contributed by atoms with Crippen molar-refractivity contribution >= 4 is 0 Å². The second-order valence-electron chi connectivity index (χ2n) is 2.95. The largest absolute Gasteiger partial charge is 0.492 e. The lowest BCUT2D eigenvalue weighted by Crippen LogP contribution is -2.28. The lowest BCUT2D eigenvalue weighted by atomic mass is 10.3. The Balaban J connectivity index is 2.41. The first-order valence-electron chi connectivity index (χ1n) is 4.28. The number of ether oxygens (including phenoxy) is 1. The second kappa shape index (κ2) is 4.82. The average molecular weight is 183 g/mol. The van der Waals surface area contributed by atoms with Gasteiger partial charge in [0.05, 0.1) is 0 Å². The molecule has 72 valence electrons. The van der Waals surface area contributed by atoms with Crippen LogP contribution in [0, 0.1) is 5.82 Å². The molecule has 0 aliphatic carbocycles. The Bertz CT molecular complexity index is 248. The third-order valence-electron chi connectivity index (χ3n) is 1.81. The monoisotopic (exact) mass is 183 g/mol. The first kappa shape index (κ1) is 9.99. The summed E-state index contributed by atoms with van der Waals surface area (Å²) in [5.41, 5.74) is 0. The normalized spacial score (nSPS) is 12.5. The molecule has 0 radical (unpaired) electrons. The summed E-state index contributed by atoms with van der Waals surface area (Å²) in [5.74, 6) is 0.456. The molecule has 1 aromatic carbocycles. The van der Waals surface area contributed by atoms with Gasteiger partial charge in [0.2, 0.25) is 0 Å². The fourth-order valence-electron chi connectivity index (χ4n) is 0.835. The van der Waals surface area contributed by atoms with Gasteiger partial charge in [0, 0.05) is 6.04 Å². The number of likely N-dealkylation sites (N-methyl/N-ethyl adjacent to an activating group) is 1. The second-order valence-corrected chi connectivity index (χ2v) is 2.95. The molecule has 13 heavy (non-hydrogen) atoms. The van der Waals surface area contributed by atoms with Gasteiger partial charge in [-0.1, -0.05) is 0 Å². The molecular weight excluding hydrogens is 169 g/mol. The summed E-state index contributed by atoms with van der Waals surface area (Å²) in [6.07, 6.45) is 0. The van der Waals surface area contributed by atoms with E-state index in [4.69, 9.17) is 4.74 Å². The van der Waals surface area contributed by atoms with Crippen LogP contribution in [0.3, 0.4) is 0 Å². The van der Waals surface area contributed by atoms with Gasteiger partial charge in [-0.15, -0.1) is 0 Å². The number of hydrogen-bond donors (Lipinski definition) is 1. The summed E-state index contributed by atoms with van der Waals surface area (Å²) in [6.45, 7) is 2.60. The maximum Gasteiger partial charge on any atom is 0.123 e. The minimum atomic E-state index is -0.242. The fraction of sp³-hybridized carbons (Fsp3) is 0.400. The molecule has 0 spiro atoms. The van der Waals surface area contributed by atoms with Crippen molar-refractivity contribution in [2.24, 2.45) is 0 Å². The van der Waals surface area contributed by atoms with Gasteiger partial charge in [0.15, 0.2) is 0 Å². The molecule has 2 nitrogen and oxygen atoms in total. The van der Waals surface area contributed by atoms with Crippen LogP contribution in [-0.4, -0.2) is 19.7 Å². The Labute approximate surface area is 77.7 Å². The quantitative estimate of drug-likeness (QED) is 0.768. The predicted octanol–water partition coefficient (Wildman–Crippen LogP) is 1.81. The standard InChI is InChI=1S/C10H14FNO/c1-8(12-2)7-13-10-5-3-9(11)4-6-10/h3-6,8,12H,7H2,1-2H3. The van der Waals surface area contributed by atoms with Crippen molar-refractivity contribution in [3.63, 3.8) is 0 Å². The van der Waals surface area contributed by atoms with Gasteiger partial charge in [-0.25, -0.2) is 4.39 Å². The van der Waals surface area contributed by atoms with Crippen molar-refractivity contribution in [3.8, 4) is 5.75 Å². The van der Waals surface area contributed by atoms with Gasteiger partial charge in [0.25, 0.3) is 0 Å². The molecule has 1 aromatic rings. The molecule has 0 aliphatic rings. The first-order chi connectivity index (χ1) is 6.22. The van der Waals surface area contributed by atoms with E-state index >= 15 is 0 Å². The van der Waals surface area contributed by atoms with E-state index in [2.05, 4.69) is 5.32 Å². The average Bonchev–Trinajstić information content (AvgIpc) is 2.16. The van der Waals surface area contributed by atoms with Gasteiger partial charge in [-0.2, -0.15) is 0 Å². The Morgan fingerprint density at radius 3 is 2.54 bits per heavy atom. The fourth-order valence-corrected chi connectivity index (χ4v) is 0.835. The zero-order chi connectivity index (χ0) is 9.68. The number of halogens is 1. The van der Waals surface area contributed by atoms with Gasteiger partial charge in [0.1, 0.15) is 18.2 Å². The molecule has 1 atom stereocenters. The molecule has 0 saturated carbocycles. The minimum Gasteiger partial charge on any atom is -0.492 e. The van der Waals surface area contributed by atoms with E-state index in [-0.39, 0.29) is 5.82 Å². The molecule has 1 N–H and O–H groups in total. The molecular formula is C10H14FNO. The van der Waals surface area contributed by atoms with Crippen molar-refractivity contribution in [2.45, 2.75) is 13.0 Å². The Morgan fingerprint density at radius 1 is 1.38 bits per heavy atom. The van der Waals surface area contributed by atoms with Crippen LogP contribution in [0.4, 0.5) is 4.39 Å². The molecule has 0 bridgehead atoms. The van der Waals surface area contributed by atoms with Crippen molar-refractivity contribution in [3.05, 3.63) is 30.1 Å². The highest BCUT2D eigenvalue weighted by Crippen LogP contribution is 2.10. The summed E-state index contributed by atoms with van der Waals surface area (Å²) in [6, 6.07) is 6.32. The lowest BCUT2D eigenvalue weighted by Gasteiger charge is -2.11. The van der Waals surface area contributed by atoms with Gasteiger partial charge in [-0.05, 0) is 38.2 Å². The molecule has 0 heterocycles. The maximum atomic E-state index is 12.5. The summed E-state index contributed by atoms with van der Waals surface area (Å²) >= 11 is 0. The molecule has 0 aromatic heterocycles. The van der Waals surface area contributed by atoms with E-state index in [1.54, 1.807) is 12.1 Å². The van der Waals surface area contributed by atoms with Crippen molar-refractivity contribution in [1.82, 2.24) is 5.32 Å². The third kappa shape index (κ3) is 3.42. The van der Waals surface area contributed by atoms with Crippen LogP contribution in [0.5, 0.6) is 5.75 Å². The highest BCUT2D eigenvalue weighted by Gasteiger charge is 1.99. The predicted molar refractivity (Wildman–Crippen MR) is 50.4 cm³/mol. The minimum absolute atomic E-state index is 0.242. The maximum absolute atomic E-state index is 12.5. The Hall–Kier alpha value is -1.09. The SMILES string of the molecule is CNC(C)COc1ccc(F)cc1. The smallest absolute Gasteiger partial charge is 0.123 e. The van der Waals surface area contributed by atoms with Crippen molar-refractivity contribution in [2.75, 3.05) is 13.7 Å². The molecule has 0 saturated heterocycles. The Kier molecular flexibility index (Phi) is 3.71. The van der Waals surface area contributed by atoms with Crippen LogP contribution < -0.4 is 10.1 Å². The van der Waals surface area contributed by atoms with Crippen LogP contribution in [0.15, 0.2) is 24.3 Å².